The number of carbonyl (C=O) groups is 1. The van der Waals surface area contributed by atoms with E-state index in [9.17, 15) is 4.79 Å². The molecule has 0 heterocycles. The molecular formula is C3H8LiNOSi. The normalized spacial score (nSPS) is 6.29. The van der Waals surface area contributed by atoms with Crippen LogP contribution < -0.4 is 4.98 Å². The van der Waals surface area contributed by atoms with Gasteiger partial charge in [-0.25, -0.2) is 0 Å². The van der Waals surface area contributed by atoms with E-state index >= 15 is 0 Å². The van der Waals surface area contributed by atoms with Crippen LogP contribution in [0.2, 0.25) is 0 Å². The molecule has 0 fully saturated rings. The second-order valence-electron chi connectivity index (χ2n) is 0.818. The fourth-order valence-electron chi connectivity index (χ4n) is 0.102. The summed E-state index contributed by atoms with van der Waals surface area (Å²) in [6, 6.07) is 0. The number of hydrogen-bond donors (Lipinski definition) is 1. The zero-order valence-electron chi connectivity index (χ0n) is 3.69. The first-order valence-corrected chi connectivity index (χ1v) is 2.65. The van der Waals surface area contributed by atoms with E-state index in [1.165, 1.54) is 6.08 Å². The Hall–Kier alpha value is 0.0243. The Morgan fingerprint density at radius 2 is 2.29 bits per heavy atom. The van der Waals surface area contributed by atoms with Crippen molar-refractivity contribution in [2.75, 3.05) is 0 Å². The van der Waals surface area contributed by atoms with Crippen molar-refractivity contribution in [2.24, 2.45) is 0 Å². The van der Waals surface area contributed by atoms with Crippen LogP contribution in [0.15, 0.2) is 12.7 Å². The third-order valence-corrected chi connectivity index (χ3v) is 0.925. The first-order chi connectivity index (χ1) is 2.81. The van der Waals surface area contributed by atoms with Crippen molar-refractivity contribution < 1.29 is 4.79 Å². The topological polar surface area (TPSA) is 29.1 Å². The molecule has 4 heteroatoms. The molecule has 36 valence electrons. The number of amides is 1. The van der Waals surface area contributed by atoms with E-state index in [2.05, 4.69) is 11.6 Å². The summed E-state index contributed by atoms with van der Waals surface area (Å²) in [5, 5.41) is 0. The molecule has 0 saturated carbocycles. The van der Waals surface area contributed by atoms with Gasteiger partial charge in [-0.05, 0) is 6.08 Å². The SMILES string of the molecule is C=CC(=O)N[SiH3].[LiH]. The van der Waals surface area contributed by atoms with Gasteiger partial charge in [0.05, 0.1) is 0 Å². The molecule has 0 aliphatic rings. The van der Waals surface area contributed by atoms with Crippen molar-refractivity contribution in [3.63, 3.8) is 0 Å². The summed E-state index contributed by atoms with van der Waals surface area (Å²) in [6.45, 7) is 3.24. The predicted octanol–water partition coefficient (Wildman–Crippen LogP) is -2.08. The fraction of sp³-hybridized carbons (Fsp3) is 0. The fourth-order valence-corrected chi connectivity index (χ4v) is 0.306. The van der Waals surface area contributed by atoms with E-state index < -0.39 is 0 Å². The third kappa shape index (κ3) is 6.02. The van der Waals surface area contributed by atoms with Crippen LogP contribution in [0.1, 0.15) is 0 Å². The van der Waals surface area contributed by atoms with Crippen LogP contribution >= 0.6 is 0 Å². The molecule has 0 saturated heterocycles. The zero-order chi connectivity index (χ0) is 4.99. The molecule has 0 aliphatic carbocycles. The van der Waals surface area contributed by atoms with Crippen LogP contribution in [0.3, 0.4) is 0 Å². The summed E-state index contributed by atoms with van der Waals surface area (Å²) in [4.78, 5) is 12.5. The molecule has 0 aliphatic heterocycles. The van der Waals surface area contributed by atoms with Crippen molar-refractivity contribution in [1.29, 1.82) is 0 Å². The maximum absolute atomic E-state index is 9.99. The van der Waals surface area contributed by atoms with E-state index in [-0.39, 0.29) is 24.8 Å². The molecule has 0 unspecified atom stereocenters. The molecule has 0 atom stereocenters. The molecule has 1 amide bonds. The van der Waals surface area contributed by atoms with Gasteiger partial charge in [-0.3, -0.25) is 4.79 Å². The monoisotopic (exact) mass is 109 g/mol. The molecule has 0 aromatic carbocycles. The van der Waals surface area contributed by atoms with Gasteiger partial charge in [-0.15, -0.1) is 0 Å². The maximum atomic E-state index is 9.99. The Morgan fingerprint density at radius 3 is 2.29 bits per heavy atom. The Morgan fingerprint density at radius 1 is 1.86 bits per heavy atom. The Balaban J connectivity index is 0. The number of carbonyl (C=O) groups excluding carboxylic acids is 1. The van der Waals surface area contributed by atoms with Gasteiger partial charge in [-0.1, -0.05) is 6.58 Å². The Labute approximate surface area is 58.0 Å². The molecule has 0 radical (unpaired) electrons. The van der Waals surface area contributed by atoms with E-state index in [0.29, 0.717) is 10.4 Å². The van der Waals surface area contributed by atoms with Gasteiger partial charge >= 0.3 is 18.9 Å². The van der Waals surface area contributed by atoms with Crippen LogP contribution in [-0.4, -0.2) is 35.2 Å². The number of rotatable bonds is 1. The molecule has 0 bridgehead atoms. The van der Waals surface area contributed by atoms with Gasteiger partial charge in [0.15, 0.2) is 0 Å². The van der Waals surface area contributed by atoms with Crippen LogP contribution in [0.5, 0.6) is 0 Å². The second kappa shape index (κ2) is 6.02. The predicted molar refractivity (Wildman–Crippen MR) is 35.4 cm³/mol. The van der Waals surface area contributed by atoms with Gasteiger partial charge in [0.1, 0.15) is 10.4 Å². The average molecular weight is 109 g/mol. The second-order valence-corrected chi connectivity index (χ2v) is 1.32. The van der Waals surface area contributed by atoms with E-state index in [1.54, 1.807) is 0 Å². The minimum absolute atomic E-state index is 0. The van der Waals surface area contributed by atoms with Gasteiger partial charge in [0.2, 0.25) is 5.91 Å². The van der Waals surface area contributed by atoms with Crippen LogP contribution in [0, 0.1) is 0 Å². The summed E-state index contributed by atoms with van der Waals surface area (Å²) in [5.41, 5.74) is 0. The van der Waals surface area contributed by atoms with Gasteiger partial charge in [-0.2, -0.15) is 0 Å². The molecule has 0 rings (SSSR count). The average Bonchev–Trinajstić information content (AvgIpc) is 1.65. The summed E-state index contributed by atoms with van der Waals surface area (Å²) in [7, 11) is 0.712. The standard InChI is InChI=1S/C3H7NOSi.Li.H/c1-2-3(5)4-6;;/h2H,1H2,6H3,(H,4,5);;. The summed E-state index contributed by atoms with van der Waals surface area (Å²) < 4.78 is 0. The van der Waals surface area contributed by atoms with Crippen molar-refractivity contribution >= 4 is 35.2 Å². The van der Waals surface area contributed by atoms with Crippen LogP contribution in [0.25, 0.3) is 0 Å². The van der Waals surface area contributed by atoms with Gasteiger partial charge in [0, 0.05) is 0 Å². The quantitative estimate of drug-likeness (QED) is 0.304. The molecule has 0 aromatic heterocycles. The summed E-state index contributed by atoms with van der Waals surface area (Å²) in [5.74, 6) is -0.0818. The van der Waals surface area contributed by atoms with Crippen molar-refractivity contribution in [2.45, 2.75) is 0 Å². The van der Waals surface area contributed by atoms with E-state index in [0.717, 1.165) is 0 Å². The van der Waals surface area contributed by atoms with Crippen molar-refractivity contribution in [3.05, 3.63) is 12.7 Å². The van der Waals surface area contributed by atoms with Crippen molar-refractivity contribution in [3.8, 4) is 0 Å². The van der Waals surface area contributed by atoms with Gasteiger partial charge in [0.25, 0.3) is 0 Å². The molecule has 2 nitrogen and oxygen atoms in total. The first-order valence-electron chi connectivity index (χ1n) is 1.65. The zero-order valence-corrected chi connectivity index (χ0v) is 5.69. The summed E-state index contributed by atoms with van der Waals surface area (Å²) >= 11 is 0. The minimum atomic E-state index is -0.0818. The first kappa shape index (κ1) is 10.1. The van der Waals surface area contributed by atoms with Crippen LogP contribution in [-0.2, 0) is 4.79 Å². The van der Waals surface area contributed by atoms with Gasteiger partial charge < -0.3 is 4.98 Å². The molecule has 0 aromatic rings. The molecule has 7 heavy (non-hydrogen) atoms. The van der Waals surface area contributed by atoms with Crippen molar-refractivity contribution in [1.82, 2.24) is 4.98 Å². The summed E-state index contributed by atoms with van der Waals surface area (Å²) in [6.07, 6.45) is 1.26. The van der Waals surface area contributed by atoms with Crippen LogP contribution in [0.4, 0.5) is 0 Å². The molecule has 1 N–H and O–H groups in total. The number of hydrogen-bond acceptors (Lipinski definition) is 1. The van der Waals surface area contributed by atoms with E-state index in [4.69, 9.17) is 0 Å². The molecular weight excluding hydrogens is 101 g/mol. The Bertz CT molecular complexity index is 75.3. The number of nitrogens with one attached hydrogen (secondary N) is 1. The Kier molecular flexibility index (Phi) is 8.69. The molecule has 0 spiro atoms. The van der Waals surface area contributed by atoms with E-state index in [1.807, 2.05) is 0 Å². The third-order valence-electron chi connectivity index (χ3n) is 0.432.